The summed E-state index contributed by atoms with van der Waals surface area (Å²) in [6.07, 6.45) is 3.21. The summed E-state index contributed by atoms with van der Waals surface area (Å²) < 4.78 is 12.4. The molecule has 7 nitrogen and oxygen atoms in total. The van der Waals surface area contributed by atoms with Gasteiger partial charge in [-0.25, -0.2) is 4.68 Å². The molecule has 0 fully saturated rings. The molecule has 3 aromatic rings. The molecule has 2 aromatic heterocycles. The van der Waals surface area contributed by atoms with E-state index in [9.17, 15) is 4.79 Å². The van der Waals surface area contributed by atoms with Gasteiger partial charge in [-0.2, -0.15) is 5.10 Å². The van der Waals surface area contributed by atoms with Gasteiger partial charge in [-0.15, -0.1) is 0 Å². The topological polar surface area (TPSA) is 78.3 Å². The second kappa shape index (κ2) is 6.90. The van der Waals surface area contributed by atoms with Gasteiger partial charge in [0.15, 0.2) is 0 Å². The molecule has 0 aliphatic heterocycles. The summed E-state index contributed by atoms with van der Waals surface area (Å²) >= 11 is 0. The maximum atomic E-state index is 12.3. The number of methoxy groups -OCH3 is 2. The van der Waals surface area contributed by atoms with Crippen LogP contribution in [0.3, 0.4) is 0 Å². The van der Waals surface area contributed by atoms with Gasteiger partial charge in [0.25, 0.3) is 5.56 Å². The first-order chi connectivity index (χ1) is 12.1. The molecule has 0 aliphatic carbocycles. The fourth-order valence-corrected chi connectivity index (χ4v) is 2.88. The smallest absolute Gasteiger partial charge is 0.275 e. The zero-order valence-electron chi connectivity index (χ0n) is 14.7. The van der Waals surface area contributed by atoms with Crippen LogP contribution in [0.2, 0.25) is 0 Å². The molecule has 0 bridgehead atoms. The van der Waals surface area contributed by atoms with E-state index in [1.165, 1.54) is 4.68 Å². The van der Waals surface area contributed by atoms with E-state index < -0.39 is 0 Å². The van der Waals surface area contributed by atoms with Gasteiger partial charge < -0.3 is 14.8 Å². The summed E-state index contributed by atoms with van der Waals surface area (Å²) in [6, 6.07) is 5.60. The summed E-state index contributed by atoms with van der Waals surface area (Å²) in [6.45, 7) is 0.609. The third-order valence-corrected chi connectivity index (χ3v) is 4.09. The summed E-state index contributed by atoms with van der Waals surface area (Å²) in [7, 11) is 6.73. The minimum Gasteiger partial charge on any atom is -0.496 e. The highest BCUT2D eigenvalue weighted by Gasteiger charge is 2.17. The van der Waals surface area contributed by atoms with Crippen LogP contribution in [0.4, 0.5) is 0 Å². The van der Waals surface area contributed by atoms with Crippen molar-refractivity contribution in [2.24, 2.45) is 7.05 Å². The van der Waals surface area contributed by atoms with Gasteiger partial charge in [0, 0.05) is 42.5 Å². The number of rotatable bonds is 5. The number of hydrogen-bond acceptors (Lipinski definition) is 6. The third kappa shape index (κ3) is 2.94. The highest BCUT2D eigenvalue weighted by molar-refractivity contribution is 5.93. The first-order valence-corrected chi connectivity index (χ1v) is 7.81. The molecule has 0 radical (unpaired) electrons. The zero-order valence-corrected chi connectivity index (χ0v) is 14.7. The van der Waals surface area contributed by atoms with Crippen LogP contribution < -0.4 is 20.3 Å². The lowest BCUT2D eigenvalue weighted by molar-refractivity contribution is 0.384. The molecule has 25 heavy (non-hydrogen) atoms. The third-order valence-electron chi connectivity index (χ3n) is 4.09. The van der Waals surface area contributed by atoms with E-state index in [4.69, 9.17) is 9.47 Å². The van der Waals surface area contributed by atoms with Gasteiger partial charge in [-0.1, -0.05) is 0 Å². The van der Waals surface area contributed by atoms with Gasteiger partial charge in [0.1, 0.15) is 11.5 Å². The Hall–Kier alpha value is -2.93. The van der Waals surface area contributed by atoms with Crippen molar-refractivity contribution in [3.8, 4) is 22.8 Å². The van der Waals surface area contributed by atoms with Crippen LogP contribution in [0.5, 0.6) is 11.5 Å². The van der Waals surface area contributed by atoms with E-state index in [0.717, 1.165) is 16.5 Å². The van der Waals surface area contributed by atoms with Crippen molar-refractivity contribution in [3.63, 3.8) is 0 Å². The second-order valence-corrected chi connectivity index (χ2v) is 5.59. The first kappa shape index (κ1) is 16.9. The van der Waals surface area contributed by atoms with E-state index in [0.29, 0.717) is 29.1 Å². The predicted octanol–water partition coefficient (Wildman–Crippen LogP) is 1.73. The van der Waals surface area contributed by atoms with E-state index >= 15 is 0 Å². The van der Waals surface area contributed by atoms with Crippen LogP contribution in [0, 0.1) is 0 Å². The van der Waals surface area contributed by atoms with E-state index in [-0.39, 0.29) is 5.56 Å². The number of ether oxygens (including phenoxy) is 2. The van der Waals surface area contributed by atoms with Gasteiger partial charge in [0.2, 0.25) is 0 Å². The van der Waals surface area contributed by atoms with Gasteiger partial charge in [-0.05, 0) is 25.2 Å². The van der Waals surface area contributed by atoms with Gasteiger partial charge >= 0.3 is 0 Å². The van der Waals surface area contributed by atoms with Crippen LogP contribution in [0.25, 0.3) is 22.0 Å². The maximum Gasteiger partial charge on any atom is 0.275 e. The summed E-state index contributed by atoms with van der Waals surface area (Å²) in [5.41, 5.74) is 2.22. The largest absolute Gasteiger partial charge is 0.496 e. The fraction of sp³-hybridized carbons (Fsp3) is 0.278. The monoisotopic (exact) mass is 340 g/mol. The number of hydrogen-bond donors (Lipinski definition) is 1. The second-order valence-electron chi connectivity index (χ2n) is 5.59. The first-order valence-electron chi connectivity index (χ1n) is 7.81. The molecule has 0 atom stereocenters. The number of nitrogens with one attached hydrogen (secondary N) is 1. The molecule has 0 saturated heterocycles. The Morgan fingerprint density at radius 1 is 1.16 bits per heavy atom. The predicted molar refractivity (Wildman–Crippen MR) is 96.1 cm³/mol. The number of aromatic nitrogens is 3. The quantitative estimate of drug-likeness (QED) is 0.762. The number of pyridine rings is 1. The Kier molecular flexibility index (Phi) is 4.67. The molecule has 130 valence electrons. The number of benzene rings is 1. The summed E-state index contributed by atoms with van der Waals surface area (Å²) in [5.74, 6) is 1.39. The Balaban J connectivity index is 2.32. The van der Waals surface area contributed by atoms with Crippen molar-refractivity contribution in [2.45, 2.75) is 6.54 Å². The fourth-order valence-electron chi connectivity index (χ4n) is 2.88. The standard InChI is InChI=1S/C18H20N4O3/c1-19-9-14-15(24-3)7-11(8-16(14)25-4)17-12-5-6-20-10-13(12)18(23)22(2)21-17/h5-8,10,19H,9H2,1-4H3. The van der Waals surface area contributed by atoms with Crippen molar-refractivity contribution in [2.75, 3.05) is 21.3 Å². The molecule has 7 heteroatoms. The van der Waals surface area contributed by atoms with Crippen LogP contribution in [0.15, 0.2) is 35.4 Å². The maximum absolute atomic E-state index is 12.3. The molecule has 0 spiro atoms. The highest BCUT2D eigenvalue weighted by Crippen LogP contribution is 2.36. The normalized spacial score (nSPS) is 10.9. The molecule has 0 unspecified atom stereocenters. The Labute approximate surface area is 145 Å². The van der Waals surface area contributed by atoms with Crippen molar-refractivity contribution >= 4 is 10.8 Å². The van der Waals surface area contributed by atoms with Crippen molar-refractivity contribution in [1.29, 1.82) is 0 Å². The van der Waals surface area contributed by atoms with Gasteiger partial charge in [-0.3, -0.25) is 9.78 Å². The Morgan fingerprint density at radius 3 is 2.44 bits per heavy atom. The van der Waals surface area contributed by atoms with E-state index in [1.54, 1.807) is 39.7 Å². The lowest BCUT2D eigenvalue weighted by atomic mass is 10.0. The summed E-state index contributed by atoms with van der Waals surface area (Å²) in [5, 5.41) is 8.82. The van der Waals surface area contributed by atoms with Crippen LogP contribution in [-0.2, 0) is 13.6 Å². The number of nitrogens with zero attached hydrogens (tertiary/aromatic N) is 3. The highest BCUT2D eigenvalue weighted by atomic mass is 16.5. The zero-order chi connectivity index (χ0) is 18.0. The lowest BCUT2D eigenvalue weighted by Crippen LogP contribution is -2.20. The molecule has 1 N–H and O–H groups in total. The Morgan fingerprint density at radius 2 is 1.84 bits per heavy atom. The molecule has 1 aromatic carbocycles. The molecular weight excluding hydrogens is 320 g/mol. The van der Waals surface area contributed by atoms with Crippen molar-refractivity contribution < 1.29 is 9.47 Å². The van der Waals surface area contributed by atoms with Crippen molar-refractivity contribution in [3.05, 3.63) is 46.5 Å². The van der Waals surface area contributed by atoms with Crippen LogP contribution in [0.1, 0.15) is 5.56 Å². The van der Waals surface area contributed by atoms with Crippen molar-refractivity contribution in [1.82, 2.24) is 20.1 Å². The molecular formula is C18H20N4O3. The molecule has 0 amide bonds. The molecule has 3 rings (SSSR count). The lowest BCUT2D eigenvalue weighted by Gasteiger charge is -2.16. The average Bonchev–Trinajstić information content (AvgIpc) is 2.65. The molecule has 0 aliphatic rings. The van der Waals surface area contributed by atoms with E-state index in [1.807, 2.05) is 19.2 Å². The summed E-state index contributed by atoms with van der Waals surface area (Å²) in [4.78, 5) is 16.4. The minimum atomic E-state index is -0.183. The molecule has 2 heterocycles. The van der Waals surface area contributed by atoms with E-state index in [2.05, 4.69) is 15.4 Å². The molecule has 0 saturated carbocycles. The number of aryl methyl sites for hydroxylation is 1. The average molecular weight is 340 g/mol. The SMILES string of the molecule is CNCc1c(OC)cc(-c2nn(C)c(=O)c3cnccc23)cc1OC. The van der Waals surface area contributed by atoms with Crippen LogP contribution >= 0.6 is 0 Å². The number of fused-ring (bicyclic) bond motifs is 1. The van der Waals surface area contributed by atoms with Crippen LogP contribution in [-0.4, -0.2) is 36.0 Å². The minimum absolute atomic E-state index is 0.183. The van der Waals surface area contributed by atoms with Gasteiger partial charge in [0.05, 0.1) is 25.3 Å². The Bertz CT molecular complexity index is 957.